The molecule has 3 heteroatoms. The molecule has 2 heterocycles. The molecule has 0 spiro atoms. The van der Waals surface area contributed by atoms with E-state index >= 15 is 0 Å². The van der Waals surface area contributed by atoms with E-state index < -0.39 is 0 Å². The summed E-state index contributed by atoms with van der Waals surface area (Å²) in [6, 6.07) is 28.0. The molecule has 0 radical (unpaired) electrons. The molecule has 2 aromatic heterocycles. The molecule has 0 bridgehead atoms. The second-order valence-corrected chi connectivity index (χ2v) is 9.51. The van der Waals surface area contributed by atoms with Crippen LogP contribution in [0.25, 0.3) is 17.1 Å². The molecule has 4 rings (SSSR count). The number of aromatic nitrogens is 2. The third-order valence-electron chi connectivity index (χ3n) is 5.71. The van der Waals surface area contributed by atoms with E-state index in [-0.39, 0.29) is 11.2 Å². The minimum atomic E-state index is -0.218. The highest BCUT2D eigenvalue weighted by Gasteiger charge is 2.30. The number of ketones is 1. The summed E-state index contributed by atoms with van der Waals surface area (Å²) in [6.07, 6.45) is 0. The highest BCUT2D eigenvalue weighted by molar-refractivity contribution is 6.10. The molecule has 0 aliphatic heterocycles. The summed E-state index contributed by atoms with van der Waals surface area (Å²) in [6.45, 7) is 10.7. The van der Waals surface area contributed by atoms with Gasteiger partial charge < -0.3 is 0 Å². The average molecular weight is 423 g/mol. The van der Waals surface area contributed by atoms with Crippen molar-refractivity contribution < 1.29 is 4.79 Å². The lowest BCUT2D eigenvalue weighted by Crippen LogP contribution is -2.19. The van der Waals surface area contributed by atoms with Crippen molar-refractivity contribution in [2.45, 2.75) is 46.0 Å². The van der Waals surface area contributed by atoms with Gasteiger partial charge in [0.15, 0.2) is 0 Å². The van der Waals surface area contributed by atoms with Gasteiger partial charge in [-0.1, -0.05) is 101 Å². The van der Waals surface area contributed by atoms with Crippen molar-refractivity contribution in [2.75, 3.05) is 0 Å². The molecule has 0 atom stereocenters. The van der Waals surface area contributed by atoms with Crippen LogP contribution in [0.15, 0.2) is 84.9 Å². The largest absolute Gasteiger partial charge is 0.290 e. The Bertz CT molecular complexity index is 1230. The lowest BCUT2D eigenvalue weighted by atomic mass is 9.85. The van der Waals surface area contributed by atoms with Crippen LogP contribution in [0.3, 0.4) is 0 Å². The number of pyridine rings is 1. The van der Waals surface area contributed by atoms with Crippen LogP contribution in [0.1, 0.15) is 67.8 Å². The van der Waals surface area contributed by atoms with E-state index in [9.17, 15) is 4.79 Å². The van der Waals surface area contributed by atoms with Crippen molar-refractivity contribution in [3.63, 3.8) is 0 Å². The van der Waals surface area contributed by atoms with Crippen molar-refractivity contribution in [1.29, 1.82) is 0 Å². The van der Waals surface area contributed by atoms with Gasteiger partial charge in [0.05, 0.1) is 11.4 Å². The van der Waals surface area contributed by atoms with Gasteiger partial charge in [0.25, 0.3) is 0 Å². The first-order valence-electron chi connectivity index (χ1n) is 11.2. The standard InChI is InChI=1S/C29H30N2O/c1-20(2)24-17-12-18-26(30-24)31-25(21-13-8-6-9-14-21)19-23(29(3,4)5)27(31)28(32)22-15-10-7-11-16-22/h6-20H,1-5H3. The molecular formula is C29H30N2O. The maximum atomic E-state index is 13.9. The Morgan fingerprint density at radius 3 is 2.06 bits per heavy atom. The van der Waals surface area contributed by atoms with Crippen molar-refractivity contribution in [1.82, 2.24) is 9.55 Å². The molecule has 0 amide bonds. The second kappa shape index (κ2) is 8.58. The van der Waals surface area contributed by atoms with Gasteiger partial charge in [-0.05, 0) is 40.7 Å². The van der Waals surface area contributed by atoms with Crippen molar-refractivity contribution in [2.24, 2.45) is 0 Å². The number of benzene rings is 2. The van der Waals surface area contributed by atoms with Crippen molar-refractivity contribution in [3.8, 4) is 17.1 Å². The van der Waals surface area contributed by atoms with E-state index in [1.54, 1.807) is 0 Å². The predicted molar refractivity (Wildman–Crippen MR) is 132 cm³/mol. The van der Waals surface area contributed by atoms with E-state index in [0.717, 1.165) is 28.3 Å². The third-order valence-corrected chi connectivity index (χ3v) is 5.71. The monoisotopic (exact) mass is 422 g/mol. The molecule has 0 saturated heterocycles. The maximum absolute atomic E-state index is 13.9. The highest BCUT2D eigenvalue weighted by Crippen LogP contribution is 2.37. The van der Waals surface area contributed by atoms with Gasteiger partial charge >= 0.3 is 0 Å². The third kappa shape index (κ3) is 4.16. The molecule has 0 aliphatic carbocycles. The van der Waals surface area contributed by atoms with Gasteiger partial charge in [0.2, 0.25) is 5.78 Å². The Morgan fingerprint density at radius 1 is 0.844 bits per heavy atom. The first-order chi connectivity index (χ1) is 15.3. The summed E-state index contributed by atoms with van der Waals surface area (Å²) in [5.41, 5.74) is 5.19. The van der Waals surface area contributed by atoms with Crippen LogP contribution in [-0.4, -0.2) is 15.3 Å². The average Bonchev–Trinajstić information content (AvgIpc) is 3.21. The van der Waals surface area contributed by atoms with Gasteiger partial charge in [-0.3, -0.25) is 9.36 Å². The van der Waals surface area contributed by atoms with Crippen LogP contribution in [0.5, 0.6) is 0 Å². The van der Waals surface area contributed by atoms with Crippen LogP contribution < -0.4 is 0 Å². The molecule has 4 aromatic rings. The summed E-state index contributed by atoms with van der Waals surface area (Å²) < 4.78 is 2.05. The fourth-order valence-corrected chi connectivity index (χ4v) is 3.98. The Labute approximate surface area is 190 Å². The van der Waals surface area contributed by atoms with Gasteiger partial charge in [0.1, 0.15) is 5.82 Å². The van der Waals surface area contributed by atoms with E-state index in [1.165, 1.54) is 0 Å². The molecule has 0 aliphatic rings. The molecule has 0 saturated carbocycles. The first kappa shape index (κ1) is 21.8. The molecule has 3 nitrogen and oxygen atoms in total. The van der Waals surface area contributed by atoms with Gasteiger partial charge in [-0.25, -0.2) is 4.98 Å². The highest BCUT2D eigenvalue weighted by atomic mass is 16.1. The topological polar surface area (TPSA) is 34.9 Å². The summed E-state index contributed by atoms with van der Waals surface area (Å²) in [5, 5.41) is 0. The lowest BCUT2D eigenvalue weighted by Gasteiger charge is -2.21. The van der Waals surface area contributed by atoms with Crippen molar-refractivity contribution in [3.05, 3.63) is 107 Å². The minimum Gasteiger partial charge on any atom is -0.290 e. The van der Waals surface area contributed by atoms with Gasteiger partial charge in [-0.15, -0.1) is 0 Å². The number of nitrogens with zero attached hydrogens (tertiary/aromatic N) is 2. The normalized spacial score (nSPS) is 11.7. The minimum absolute atomic E-state index is 0.00876. The summed E-state index contributed by atoms with van der Waals surface area (Å²) in [5.74, 6) is 1.07. The van der Waals surface area contributed by atoms with Crippen molar-refractivity contribution >= 4 is 5.78 Å². The van der Waals surface area contributed by atoms with Crippen LogP contribution >= 0.6 is 0 Å². The number of carbonyl (C=O) groups excluding carboxylic acids is 1. The van der Waals surface area contributed by atoms with Gasteiger partial charge in [-0.2, -0.15) is 0 Å². The molecule has 162 valence electrons. The number of hydrogen-bond donors (Lipinski definition) is 0. The molecule has 0 N–H and O–H groups in total. The smallest absolute Gasteiger partial charge is 0.210 e. The van der Waals surface area contributed by atoms with Crippen LogP contribution in [-0.2, 0) is 5.41 Å². The number of rotatable bonds is 5. The van der Waals surface area contributed by atoms with E-state index in [0.29, 0.717) is 17.2 Å². The quantitative estimate of drug-likeness (QED) is 0.319. The molecule has 0 fully saturated rings. The van der Waals surface area contributed by atoms with E-state index in [2.05, 4.69) is 57.4 Å². The first-order valence-corrected chi connectivity index (χ1v) is 11.2. The van der Waals surface area contributed by atoms with E-state index in [1.807, 2.05) is 66.7 Å². The lowest BCUT2D eigenvalue weighted by molar-refractivity contribution is 0.103. The zero-order chi connectivity index (χ0) is 22.9. The summed E-state index contributed by atoms with van der Waals surface area (Å²) in [7, 11) is 0. The van der Waals surface area contributed by atoms with Gasteiger partial charge in [0, 0.05) is 11.3 Å². The zero-order valence-electron chi connectivity index (χ0n) is 19.5. The molecule has 0 unspecified atom stereocenters. The number of carbonyl (C=O) groups is 1. The SMILES string of the molecule is CC(C)c1cccc(-n2c(-c3ccccc3)cc(C(C)(C)C)c2C(=O)c2ccccc2)n1. The van der Waals surface area contributed by atoms with Crippen LogP contribution in [0.2, 0.25) is 0 Å². The number of hydrogen-bond acceptors (Lipinski definition) is 2. The second-order valence-electron chi connectivity index (χ2n) is 9.51. The molecule has 32 heavy (non-hydrogen) atoms. The zero-order valence-corrected chi connectivity index (χ0v) is 19.5. The summed E-state index contributed by atoms with van der Waals surface area (Å²) in [4.78, 5) is 18.9. The predicted octanol–water partition coefficient (Wildman–Crippen LogP) is 7.19. The Kier molecular flexibility index (Phi) is 5.84. The van der Waals surface area contributed by atoms with Crippen LogP contribution in [0, 0.1) is 0 Å². The Hall–Kier alpha value is -3.46. The van der Waals surface area contributed by atoms with E-state index in [4.69, 9.17) is 4.98 Å². The Balaban J connectivity index is 2.08. The van der Waals surface area contributed by atoms with Crippen LogP contribution in [0.4, 0.5) is 0 Å². The molecular weight excluding hydrogens is 392 g/mol. The Morgan fingerprint density at radius 2 is 1.47 bits per heavy atom. The fourth-order valence-electron chi connectivity index (χ4n) is 3.98. The fraction of sp³-hybridized carbons (Fsp3) is 0.241. The molecule has 2 aromatic carbocycles. The maximum Gasteiger partial charge on any atom is 0.210 e. The summed E-state index contributed by atoms with van der Waals surface area (Å²) >= 11 is 0.